The first-order valence-electron chi connectivity index (χ1n) is 9.68. The Kier molecular flexibility index (Phi) is 5.00. The predicted octanol–water partition coefficient (Wildman–Crippen LogP) is 3.44. The third-order valence-electron chi connectivity index (χ3n) is 5.53. The first-order chi connectivity index (χ1) is 12.7. The van der Waals surface area contributed by atoms with Crippen LogP contribution in [0.3, 0.4) is 0 Å². The van der Waals surface area contributed by atoms with E-state index >= 15 is 0 Å². The Morgan fingerprint density at radius 3 is 2.96 bits per heavy atom. The van der Waals surface area contributed by atoms with Gasteiger partial charge in [0.05, 0.1) is 6.04 Å². The summed E-state index contributed by atoms with van der Waals surface area (Å²) in [4.78, 5) is 14.8. The van der Waals surface area contributed by atoms with E-state index in [-0.39, 0.29) is 17.8 Å². The van der Waals surface area contributed by atoms with E-state index in [2.05, 4.69) is 14.8 Å². The van der Waals surface area contributed by atoms with Crippen LogP contribution in [0.5, 0.6) is 0 Å². The summed E-state index contributed by atoms with van der Waals surface area (Å²) in [6.45, 7) is 1.73. The summed E-state index contributed by atoms with van der Waals surface area (Å²) in [5.41, 5.74) is 0.866. The Balaban J connectivity index is 1.46. The maximum absolute atomic E-state index is 13.3. The zero-order valence-electron chi connectivity index (χ0n) is 15.0. The van der Waals surface area contributed by atoms with Gasteiger partial charge in [0.15, 0.2) is 5.82 Å². The van der Waals surface area contributed by atoms with Crippen molar-refractivity contribution in [2.45, 2.75) is 64.0 Å². The van der Waals surface area contributed by atoms with Gasteiger partial charge in [-0.1, -0.05) is 18.6 Å². The maximum Gasteiger partial charge on any atom is 0.223 e. The summed E-state index contributed by atoms with van der Waals surface area (Å²) in [6.07, 6.45) is 7.44. The Morgan fingerprint density at radius 1 is 1.15 bits per heavy atom. The molecule has 0 unspecified atom stereocenters. The lowest BCUT2D eigenvalue weighted by Crippen LogP contribution is -2.32. The van der Waals surface area contributed by atoms with Crippen molar-refractivity contribution in [2.75, 3.05) is 6.54 Å². The molecule has 3 heterocycles. The fraction of sp³-hybridized carbons (Fsp3) is 0.550. The molecule has 0 bridgehead atoms. The van der Waals surface area contributed by atoms with Gasteiger partial charge in [0.2, 0.25) is 5.91 Å². The Morgan fingerprint density at radius 2 is 2.08 bits per heavy atom. The van der Waals surface area contributed by atoms with E-state index in [9.17, 15) is 9.18 Å². The zero-order valence-corrected chi connectivity index (χ0v) is 15.0. The van der Waals surface area contributed by atoms with Crippen LogP contribution in [0, 0.1) is 5.82 Å². The van der Waals surface area contributed by atoms with Gasteiger partial charge in [0, 0.05) is 25.9 Å². The first-order valence-corrected chi connectivity index (χ1v) is 9.68. The molecule has 1 aromatic carbocycles. The van der Waals surface area contributed by atoms with Crippen LogP contribution >= 0.6 is 0 Å². The number of fused-ring (bicyclic) bond motifs is 1. The first kappa shape index (κ1) is 17.2. The average molecular weight is 356 g/mol. The number of carbonyl (C=O) groups is 1. The molecule has 2 aromatic rings. The Hall–Kier alpha value is -2.24. The van der Waals surface area contributed by atoms with Gasteiger partial charge in [-0.15, -0.1) is 10.2 Å². The largest absolute Gasteiger partial charge is 0.332 e. The molecule has 1 atom stereocenters. The number of rotatable bonds is 4. The van der Waals surface area contributed by atoms with Crippen molar-refractivity contribution in [1.29, 1.82) is 0 Å². The van der Waals surface area contributed by atoms with Gasteiger partial charge in [-0.25, -0.2) is 4.39 Å². The molecule has 1 aromatic heterocycles. The molecule has 0 radical (unpaired) electrons. The SMILES string of the molecule is O=C(CCc1cccc(F)c1)N1CCC[C@H]1c1nnc2n1CCCCC2. The number of halogens is 1. The minimum Gasteiger partial charge on any atom is -0.332 e. The Bertz CT molecular complexity index is 788. The molecule has 1 amide bonds. The van der Waals surface area contributed by atoms with Crippen molar-refractivity contribution in [1.82, 2.24) is 19.7 Å². The second-order valence-electron chi connectivity index (χ2n) is 7.31. The average Bonchev–Trinajstić information content (AvgIpc) is 3.21. The maximum atomic E-state index is 13.3. The van der Waals surface area contributed by atoms with Crippen LogP contribution in [-0.4, -0.2) is 32.1 Å². The van der Waals surface area contributed by atoms with Crippen molar-refractivity contribution in [2.24, 2.45) is 0 Å². The van der Waals surface area contributed by atoms with Crippen molar-refractivity contribution in [3.8, 4) is 0 Å². The van der Waals surface area contributed by atoms with E-state index in [0.717, 1.165) is 56.0 Å². The number of benzene rings is 1. The number of hydrogen-bond acceptors (Lipinski definition) is 3. The summed E-state index contributed by atoms with van der Waals surface area (Å²) in [5.74, 6) is 1.90. The molecule has 0 saturated carbocycles. The number of aromatic nitrogens is 3. The summed E-state index contributed by atoms with van der Waals surface area (Å²) >= 11 is 0. The van der Waals surface area contributed by atoms with E-state index in [0.29, 0.717) is 12.8 Å². The molecule has 0 N–H and O–H groups in total. The monoisotopic (exact) mass is 356 g/mol. The lowest BCUT2D eigenvalue weighted by molar-refractivity contribution is -0.132. The third-order valence-corrected chi connectivity index (χ3v) is 5.53. The van der Waals surface area contributed by atoms with Gasteiger partial charge in [-0.05, 0) is 49.8 Å². The number of carbonyl (C=O) groups excluding carboxylic acids is 1. The quantitative estimate of drug-likeness (QED) is 0.843. The van der Waals surface area contributed by atoms with Gasteiger partial charge >= 0.3 is 0 Å². The summed E-state index contributed by atoms with van der Waals surface area (Å²) in [6, 6.07) is 6.54. The molecule has 0 aliphatic carbocycles. The molecule has 0 spiro atoms. The van der Waals surface area contributed by atoms with E-state index in [1.807, 2.05) is 11.0 Å². The van der Waals surface area contributed by atoms with Crippen molar-refractivity contribution in [3.63, 3.8) is 0 Å². The number of nitrogens with zero attached hydrogens (tertiary/aromatic N) is 4. The molecule has 2 aliphatic heterocycles. The molecule has 1 saturated heterocycles. The van der Waals surface area contributed by atoms with Crippen molar-refractivity contribution < 1.29 is 9.18 Å². The van der Waals surface area contributed by atoms with Gasteiger partial charge in [-0.3, -0.25) is 4.79 Å². The second-order valence-corrected chi connectivity index (χ2v) is 7.31. The molecule has 26 heavy (non-hydrogen) atoms. The summed E-state index contributed by atoms with van der Waals surface area (Å²) < 4.78 is 15.6. The van der Waals surface area contributed by atoms with Gasteiger partial charge < -0.3 is 9.47 Å². The second kappa shape index (κ2) is 7.56. The van der Waals surface area contributed by atoms with Crippen LogP contribution in [0.25, 0.3) is 0 Å². The fourth-order valence-corrected chi connectivity index (χ4v) is 4.18. The molecular formula is C20H25FN4O. The lowest BCUT2D eigenvalue weighted by Gasteiger charge is -2.25. The van der Waals surface area contributed by atoms with Crippen molar-refractivity contribution >= 4 is 5.91 Å². The topological polar surface area (TPSA) is 51.0 Å². The summed E-state index contributed by atoms with van der Waals surface area (Å²) in [7, 11) is 0. The minimum atomic E-state index is -0.250. The van der Waals surface area contributed by atoms with E-state index in [1.165, 1.54) is 25.0 Å². The van der Waals surface area contributed by atoms with Crippen LogP contribution in [-0.2, 0) is 24.2 Å². The van der Waals surface area contributed by atoms with Crippen LogP contribution in [0.4, 0.5) is 4.39 Å². The molecule has 5 nitrogen and oxygen atoms in total. The number of hydrogen-bond donors (Lipinski definition) is 0. The Labute approximate surface area is 153 Å². The smallest absolute Gasteiger partial charge is 0.223 e. The highest BCUT2D eigenvalue weighted by atomic mass is 19.1. The highest BCUT2D eigenvalue weighted by molar-refractivity contribution is 5.77. The van der Waals surface area contributed by atoms with Gasteiger partial charge in [-0.2, -0.15) is 0 Å². The number of amides is 1. The minimum absolute atomic E-state index is 0.0364. The highest BCUT2D eigenvalue weighted by Gasteiger charge is 2.34. The van der Waals surface area contributed by atoms with Crippen LogP contribution in [0.2, 0.25) is 0 Å². The number of aryl methyl sites for hydroxylation is 2. The molecule has 1 fully saturated rings. The summed E-state index contributed by atoms with van der Waals surface area (Å²) in [5, 5.41) is 8.85. The normalized spacial score (nSPS) is 20.0. The molecule has 6 heteroatoms. The highest BCUT2D eigenvalue weighted by Crippen LogP contribution is 2.33. The molecule has 4 rings (SSSR count). The third kappa shape index (κ3) is 3.50. The zero-order chi connectivity index (χ0) is 17.9. The van der Waals surface area contributed by atoms with Crippen LogP contribution < -0.4 is 0 Å². The van der Waals surface area contributed by atoms with Crippen molar-refractivity contribution in [3.05, 3.63) is 47.3 Å². The van der Waals surface area contributed by atoms with E-state index in [1.54, 1.807) is 6.07 Å². The predicted molar refractivity (Wildman–Crippen MR) is 96.0 cm³/mol. The molecule has 138 valence electrons. The van der Waals surface area contributed by atoms with E-state index < -0.39 is 0 Å². The standard InChI is InChI=1S/C20H25FN4O/c21-16-7-4-6-15(14-16)10-11-19(26)24-13-5-8-17(24)20-23-22-18-9-2-1-3-12-25(18)20/h4,6-7,14,17H,1-3,5,8-13H2/t17-/m0/s1. The van der Waals surface area contributed by atoms with E-state index in [4.69, 9.17) is 0 Å². The number of likely N-dealkylation sites (tertiary alicyclic amines) is 1. The van der Waals surface area contributed by atoms with Crippen LogP contribution in [0.15, 0.2) is 24.3 Å². The fourth-order valence-electron chi connectivity index (χ4n) is 4.18. The molecular weight excluding hydrogens is 331 g/mol. The molecule has 2 aliphatic rings. The van der Waals surface area contributed by atoms with Gasteiger partial charge in [0.25, 0.3) is 0 Å². The van der Waals surface area contributed by atoms with Crippen LogP contribution in [0.1, 0.15) is 61.8 Å². The lowest BCUT2D eigenvalue weighted by atomic mass is 10.1. The van der Waals surface area contributed by atoms with Gasteiger partial charge in [0.1, 0.15) is 11.6 Å².